The number of morpholine rings is 1. The van der Waals surface area contributed by atoms with Crippen molar-refractivity contribution in [1.29, 1.82) is 0 Å². The number of benzene rings is 1. The first kappa shape index (κ1) is 13.8. The maximum absolute atomic E-state index is 11.5. The summed E-state index contributed by atoms with van der Waals surface area (Å²) in [4.78, 5) is 13.8. The van der Waals surface area contributed by atoms with Gasteiger partial charge in [-0.15, -0.1) is 0 Å². The van der Waals surface area contributed by atoms with Crippen molar-refractivity contribution < 1.29 is 14.3 Å². The van der Waals surface area contributed by atoms with Gasteiger partial charge in [0.05, 0.1) is 12.1 Å². The molecule has 1 aromatic carbocycles. The van der Waals surface area contributed by atoms with Crippen LogP contribution in [0.1, 0.15) is 12.0 Å². The summed E-state index contributed by atoms with van der Waals surface area (Å²) >= 11 is 0. The third-order valence-electron chi connectivity index (χ3n) is 4.53. The molecule has 2 atom stereocenters. The van der Waals surface area contributed by atoms with Crippen LogP contribution in [0, 0.1) is 0 Å². The van der Waals surface area contributed by atoms with Gasteiger partial charge in [-0.1, -0.05) is 18.2 Å². The zero-order valence-corrected chi connectivity index (χ0v) is 12.5. The molecule has 5 nitrogen and oxygen atoms in total. The summed E-state index contributed by atoms with van der Waals surface area (Å²) in [7, 11) is 0. The quantitative estimate of drug-likeness (QED) is 0.887. The topological polar surface area (TPSA) is 50.8 Å². The maximum atomic E-state index is 11.5. The second-order valence-electron chi connectivity index (χ2n) is 6.18. The molecule has 2 saturated heterocycles. The standard InChI is InChI=1S/C17H20N2O3/c20-17-11-22-16-5-6-19(9-14(16)18-17)8-12-7-13-3-1-2-4-15(13)21-10-12/h1-4,7,14,16H,5-6,8-11H2,(H,18,20)/t14-,16+/m0/s1. The molecule has 3 heterocycles. The van der Waals surface area contributed by atoms with Crippen molar-refractivity contribution in [3.8, 4) is 5.75 Å². The first-order chi connectivity index (χ1) is 10.8. The predicted octanol–water partition coefficient (Wildman–Crippen LogP) is 1.05. The van der Waals surface area contributed by atoms with E-state index in [1.165, 1.54) is 5.57 Å². The molecule has 0 saturated carbocycles. The van der Waals surface area contributed by atoms with Gasteiger partial charge in [-0.25, -0.2) is 0 Å². The average molecular weight is 300 g/mol. The van der Waals surface area contributed by atoms with Gasteiger partial charge in [0.1, 0.15) is 19.0 Å². The van der Waals surface area contributed by atoms with Crippen LogP contribution in [-0.2, 0) is 9.53 Å². The number of likely N-dealkylation sites (tertiary alicyclic amines) is 1. The largest absolute Gasteiger partial charge is 0.489 e. The van der Waals surface area contributed by atoms with Crippen LogP contribution in [0.2, 0.25) is 0 Å². The van der Waals surface area contributed by atoms with E-state index >= 15 is 0 Å². The Morgan fingerprint density at radius 2 is 2.18 bits per heavy atom. The van der Waals surface area contributed by atoms with E-state index in [0.29, 0.717) is 6.61 Å². The second-order valence-corrected chi connectivity index (χ2v) is 6.18. The van der Waals surface area contributed by atoms with Gasteiger partial charge in [-0.05, 0) is 24.1 Å². The maximum Gasteiger partial charge on any atom is 0.246 e. The van der Waals surface area contributed by atoms with Crippen molar-refractivity contribution in [1.82, 2.24) is 10.2 Å². The molecule has 2 fully saturated rings. The van der Waals surface area contributed by atoms with Crippen molar-refractivity contribution >= 4 is 12.0 Å². The molecule has 0 aromatic heterocycles. The van der Waals surface area contributed by atoms with Crippen LogP contribution in [0.25, 0.3) is 6.08 Å². The molecule has 4 rings (SSSR count). The van der Waals surface area contributed by atoms with Crippen LogP contribution in [-0.4, -0.2) is 55.8 Å². The van der Waals surface area contributed by atoms with Gasteiger partial charge < -0.3 is 14.8 Å². The van der Waals surface area contributed by atoms with E-state index in [2.05, 4.69) is 22.4 Å². The number of nitrogens with one attached hydrogen (secondary N) is 1. The lowest BCUT2D eigenvalue weighted by atomic mass is 9.99. The SMILES string of the molecule is O=C1CO[C@@H]2CCN(CC3=Cc4ccccc4OC3)C[C@@H]2N1. The number of carbonyl (C=O) groups is 1. The van der Waals surface area contributed by atoms with Gasteiger partial charge in [-0.2, -0.15) is 0 Å². The molecule has 22 heavy (non-hydrogen) atoms. The first-order valence-corrected chi connectivity index (χ1v) is 7.82. The predicted molar refractivity (Wildman–Crippen MR) is 82.6 cm³/mol. The fraction of sp³-hybridized carbons (Fsp3) is 0.471. The Balaban J connectivity index is 1.42. The van der Waals surface area contributed by atoms with Crippen molar-refractivity contribution in [2.45, 2.75) is 18.6 Å². The highest BCUT2D eigenvalue weighted by Gasteiger charge is 2.34. The molecule has 5 heteroatoms. The molecule has 0 unspecified atom stereocenters. The summed E-state index contributed by atoms with van der Waals surface area (Å²) in [5.41, 5.74) is 2.42. The van der Waals surface area contributed by atoms with Crippen LogP contribution in [0.3, 0.4) is 0 Å². The monoisotopic (exact) mass is 300 g/mol. The van der Waals surface area contributed by atoms with Crippen molar-refractivity contribution in [2.24, 2.45) is 0 Å². The van der Waals surface area contributed by atoms with Gasteiger partial charge >= 0.3 is 0 Å². The summed E-state index contributed by atoms with van der Waals surface area (Å²) in [5.74, 6) is 0.954. The highest BCUT2D eigenvalue weighted by atomic mass is 16.5. The molecular weight excluding hydrogens is 280 g/mol. The molecule has 0 bridgehead atoms. The smallest absolute Gasteiger partial charge is 0.246 e. The second kappa shape index (κ2) is 5.74. The molecule has 0 aliphatic carbocycles. The molecule has 116 valence electrons. The summed E-state index contributed by atoms with van der Waals surface area (Å²) in [6.07, 6.45) is 3.36. The lowest BCUT2D eigenvalue weighted by Crippen LogP contribution is -2.60. The fourth-order valence-corrected chi connectivity index (χ4v) is 3.45. The molecule has 3 aliphatic heterocycles. The van der Waals surface area contributed by atoms with E-state index in [9.17, 15) is 4.79 Å². The lowest BCUT2D eigenvalue weighted by Gasteiger charge is -2.41. The number of hydrogen-bond acceptors (Lipinski definition) is 4. The molecule has 0 radical (unpaired) electrons. The number of amides is 1. The van der Waals surface area contributed by atoms with E-state index < -0.39 is 0 Å². The van der Waals surface area contributed by atoms with Crippen LogP contribution in [0.15, 0.2) is 29.8 Å². The molecule has 1 N–H and O–H groups in total. The van der Waals surface area contributed by atoms with Crippen LogP contribution < -0.4 is 10.1 Å². The van der Waals surface area contributed by atoms with Crippen molar-refractivity contribution in [3.05, 3.63) is 35.4 Å². The number of para-hydroxylation sites is 1. The number of fused-ring (bicyclic) bond motifs is 2. The van der Waals surface area contributed by atoms with Gasteiger partial charge in [0.25, 0.3) is 0 Å². The Morgan fingerprint density at radius 3 is 3.14 bits per heavy atom. The molecule has 1 aromatic rings. The van der Waals surface area contributed by atoms with E-state index in [0.717, 1.165) is 37.4 Å². The van der Waals surface area contributed by atoms with Crippen LogP contribution in [0.5, 0.6) is 5.75 Å². The zero-order valence-electron chi connectivity index (χ0n) is 12.5. The van der Waals surface area contributed by atoms with Gasteiger partial charge in [0.15, 0.2) is 0 Å². The van der Waals surface area contributed by atoms with Crippen LogP contribution in [0.4, 0.5) is 0 Å². The number of nitrogens with zero attached hydrogens (tertiary/aromatic N) is 1. The van der Waals surface area contributed by atoms with E-state index in [-0.39, 0.29) is 24.7 Å². The summed E-state index contributed by atoms with van der Waals surface area (Å²) in [6.45, 7) is 3.57. The number of rotatable bonds is 2. The summed E-state index contributed by atoms with van der Waals surface area (Å²) in [5, 5.41) is 3.04. The molecular formula is C17H20N2O3. The minimum absolute atomic E-state index is 0.00255. The Kier molecular flexibility index (Phi) is 3.60. The summed E-state index contributed by atoms with van der Waals surface area (Å²) in [6, 6.07) is 8.22. The molecule has 0 spiro atoms. The third kappa shape index (κ3) is 2.74. The van der Waals surface area contributed by atoms with E-state index in [4.69, 9.17) is 9.47 Å². The van der Waals surface area contributed by atoms with Crippen molar-refractivity contribution in [2.75, 3.05) is 32.8 Å². The van der Waals surface area contributed by atoms with Gasteiger partial charge in [-0.3, -0.25) is 9.69 Å². The Labute approximate surface area is 129 Å². The van der Waals surface area contributed by atoms with Gasteiger partial charge in [0, 0.05) is 25.2 Å². The van der Waals surface area contributed by atoms with E-state index in [1.54, 1.807) is 0 Å². The number of hydrogen-bond donors (Lipinski definition) is 1. The fourth-order valence-electron chi connectivity index (χ4n) is 3.45. The first-order valence-electron chi connectivity index (χ1n) is 7.82. The van der Waals surface area contributed by atoms with Gasteiger partial charge in [0.2, 0.25) is 5.91 Å². The number of carbonyl (C=O) groups excluding carboxylic acids is 1. The number of piperidine rings is 1. The Hall–Kier alpha value is -1.85. The average Bonchev–Trinajstić information content (AvgIpc) is 2.54. The highest BCUT2D eigenvalue weighted by molar-refractivity contribution is 5.78. The normalized spacial score (nSPS) is 28.0. The summed E-state index contributed by atoms with van der Waals surface area (Å²) < 4.78 is 11.4. The highest BCUT2D eigenvalue weighted by Crippen LogP contribution is 2.27. The van der Waals surface area contributed by atoms with Crippen molar-refractivity contribution in [3.63, 3.8) is 0 Å². The Bertz CT molecular complexity index is 614. The molecule has 1 amide bonds. The van der Waals surface area contributed by atoms with E-state index in [1.807, 2.05) is 18.2 Å². The number of ether oxygens (including phenoxy) is 2. The lowest BCUT2D eigenvalue weighted by molar-refractivity contribution is -0.140. The van der Waals surface area contributed by atoms with Crippen LogP contribution >= 0.6 is 0 Å². The third-order valence-corrected chi connectivity index (χ3v) is 4.53. The minimum atomic E-state index is -0.00255. The zero-order chi connectivity index (χ0) is 14.9. The minimum Gasteiger partial charge on any atom is -0.489 e. The molecule has 3 aliphatic rings. The Morgan fingerprint density at radius 1 is 1.27 bits per heavy atom.